The lowest BCUT2D eigenvalue weighted by atomic mass is 9.68. The predicted molar refractivity (Wildman–Crippen MR) is 84.6 cm³/mol. The van der Waals surface area contributed by atoms with E-state index in [-0.39, 0.29) is 23.4 Å². The quantitative estimate of drug-likeness (QED) is 0.930. The summed E-state index contributed by atoms with van der Waals surface area (Å²) >= 11 is 0. The Labute approximate surface area is 129 Å². The van der Waals surface area contributed by atoms with Crippen LogP contribution in [0.5, 0.6) is 0 Å². The van der Waals surface area contributed by atoms with Gasteiger partial charge in [-0.3, -0.25) is 9.00 Å². The molecule has 1 aromatic carbocycles. The maximum atomic E-state index is 12.6. The van der Waals surface area contributed by atoms with E-state index < -0.39 is 16.4 Å². The molecule has 3 nitrogen and oxygen atoms in total. The van der Waals surface area contributed by atoms with Crippen molar-refractivity contribution in [1.82, 2.24) is 0 Å². The summed E-state index contributed by atoms with van der Waals surface area (Å²) in [6.07, 6.45) is 1.53. The molecule has 116 valence electrons. The first-order valence-electron chi connectivity index (χ1n) is 7.56. The van der Waals surface area contributed by atoms with Crippen LogP contribution in [0.2, 0.25) is 0 Å². The second kappa shape index (κ2) is 6.41. The number of hydrogen-bond acceptors (Lipinski definition) is 3. The Bertz CT molecular complexity index is 537. The van der Waals surface area contributed by atoms with Gasteiger partial charge in [-0.05, 0) is 30.9 Å². The Kier molecular flexibility index (Phi) is 4.99. The Morgan fingerprint density at radius 3 is 2.48 bits per heavy atom. The fraction of sp³-hybridized carbons (Fsp3) is 0.588. The van der Waals surface area contributed by atoms with Gasteiger partial charge in [0.1, 0.15) is 5.78 Å². The molecule has 0 amide bonds. The van der Waals surface area contributed by atoms with Crippen LogP contribution in [0.25, 0.3) is 0 Å². The standard InChI is InChI=1S/C17H24O3S/c1-4-14-10-15(18)9-13(3)17(14,19)11-21(20)16-7-5-12(2)6-8-16/h5-8,13-14,19H,4,9-11H2,1-3H3/t13-,14+,17-,21-/m1/s1. The van der Waals surface area contributed by atoms with E-state index in [1.54, 1.807) is 0 Å². The number of carbonyl (C=O) groups is 1. The SMILES string of the molecule is CC[C@H]1CC(=O)C[C@@H](C)[C@]1(O)C[S@@](=O)c1ccc(C)cc1. The largest absolute Gasteiger partial charge is 0.388 e. The highest BCUT2D eigenvalue weighted by Crippen LogP contribution is 2.39. The summed E-state index contributed by atoms with van der Waals surface area (Å²) in [6.45, 7) is 5.87. The molecule has 1 aliphatic rings. The van der Waals surface area contributed by atoms with Crippen LogP contribution in [0.15, 0.2) is 29.2 Å². The lowest BCUT2D eigenvalue weighted by Crippen LogP contribution is -2.52. The molecular formula is C17H24O3S. The second-order valence-electron chi connectivity index (χ2n) is 6.25. The smallest absolute Gasteiger partial charge is 0.133 e. The number of aryl methyl sites for hydroxylation is 1. The minimum Gasteiger partial charge on any atom is -0.388 e. The highest BCUT2D eigenvalue weighted by molar-refractivity contribution is 7.85. The third kappa shape index (κ3) is 3.43. The van der Waals surface area contributed by atoms with Crippen LogP contribution in [0.4, 0.5) is 0 Å². The van der Waals surface area contributed by atoms with Crippen molar-refractivity contribution in [3.05, 3.63) is 29.8 Å². The fourth-order valence-corrected chi connectivity index (χ4v) is 4.74. The lowest BCUT2D eigenvalue weighted by Gasteiger charge is -2.43. The number of aliphatic hydroxyl groups is 1. The molecule has 4 heteroatoms. The van der Waals surface area contributed by atoms with Gasteiger partial charge in [-0.15, -0.1) is 0 Å². The van der Waals surface area contributed by atoms with Crippen molar-refractivity contribution in [2.24, 2.45) is 11.8 Å². The molecule has 4 atom stereocenters. The van der Waals surface area contributed by atoms with Crippen LogP contribution in [0, 0.1) is 18.8 Å². The van der Waals surface area contributed by atoms with Crippen molar-refractivity contribution in [3.8, 4) is 0 Å². The van der Waals surface area contributed by atoms with Crippen molar-refractivity contribution in [2.45, 2.75) is 50.5 Å². The van der Waals surface area contributed by atoms with Crippen molar-refractivity contribution in [3.63, 3.8) is 0 Å². The van der Waals surface area contributed by atoms with E-state index in [4.69, 9.17) is 0 Å². The number of hydrogen-bond donors (Lipinski definition) is 1. The van der Waals surface area contributed by atoms with Crippen LogP contribution in [-0.2, 0) is 15.6 Å². The number of ketones is 1. The number of carbonyl (C=O) groups excluding carboxylic acids is 1. The molecule has 1 fully saturated rings. The monoisotopic (exact) mass is 308 g/mol. The van der Waals surface area contributed by atoms with Crippen molar-refractivity contribution in [2.75, 3.05) is 5.75 Å². The van der Waals surface area contributed by atoms with Crippen LogP contribution >= 0.6 is 0 Å². The molecule has 1 aliphatic carbocycles. The molecule has 0 aliphatic heterocycles. The Balaban J connectivity index is 2.20. The van der Waals surface area contributed by atoms with E-state index in [2.05, 4.69) is 0 Å². The van der Waals surface area contributed by atoms with Gasteiger partial charge in [-0.25, -0.2) is 0 Å². The summed E-state index contributed by atoms with van der Waals surface area (Å²) in [7, 11) is -1.24. The molecule has 0 heterocycles. The Morgan fingerprint density at radius 2 is 1.90 bits per heavy atom. The average Bonchev–Trinajstić information content (AvgIpc) is 2.43. The highest BCUT2D eigenvalue weighted by Gasteiger charge is 2.47. The van der Waals surface area contributed by atoms with Gasteiger partial charge in [0.2, 0.25) is 0 Å². The number of Topliss-reactive ketones (excluding diaryl/α,β-unsaturated/α-hetero) is 1. The van der Waals surface area contributed by atoms with Gasteiger partial charge in [0.15, 0.2) is 0 Å². The lowest BCUT2D eigenvalue weighted by molar-refractivity contribution is -0.136. The predicted octanol–water partition coefficient (Wildman–Crippen LogP) is 2.86. The second-order valence-corrected chi connectivity index (χ2v) is 7.70. The third-order valence-electron chi connectivity index (χ3n) is 4.71. The van der Waals surface area contributed by atoms with Gasteiger partial charge in [0.05, 0.1) is 22.2 Å². The van der Waals surface area contributed by atoms with Gasteiger partial charge in [0, 0.05) is 17.7 Å². The summed E-state index contributed by atoms with van der Waals surface area (Å²) in [5, 5.41) is 11.1. The van der Waals surface area contributed by atoms with Crippen LogP contribution in [0.1, 0.15) is 38.7 Å². The molecule has 1 N–H and O–H groups in total. The first-order chi connectivity index (χ1) is 9.86. The van der Waals surface area contributed by atoms with Gasteiger partial charge in [-0.1, -0.05) is 38.0 Å². The number of rotatable bonds is 4. The summed E-state index contributed by atoms with van der Waals surface area (Å²) in [5.41, 5.74) is 0.107. The Hall–Kier alpha value is -1.00. The molecule has 0 aromatic heterocycles. The minimum atomic E-state index is -1.24. The molecular weight excluding hydrogens is 284 g/mol. The van der Waals surface area contributed by atoms with Gasteiger partial charge in [-0.2, -0.15) is 0 Å². The summed E-state index contributed by atoms with van der Waals surface area (Å²) in [6, 6.07) is 7.58. The van der Waals surface area contributed by atoms with E-state index >= 15 is 0 Å². The molecule has 1 aromatic rings. The zero-order valence-corrected chi connectivity index (χ0v) is 13.8. The average molecular weight is 308 g/mol. The minimum absolute atomic E-state index is 0.0943. The topological polar surface area (TPSA) is 54.4 Å². The van der Waals surface area contributed by atoms with Gasteiger partial charge >= 0.3 is 0 Å². The zero-order valence-electron chi connectivity index (χ0n) is 13.0. The molecule has 0 radical (unpaired) electrons. The first kappa shape index (κ1) is 16.4. The molecule has 2 rings (SSSR count). The number of benzene rings is 1. The summed E-state index contributed by atoms with van der Waals surface area (Å²) in [4.78, 5) is 12.5. The summed E-state index contributed by atoms with van der Waals surface area (Å²) < 4.78 is 12.6. The van der Waals surface area contributed by atoms with E-state index in [9.17, 15) is 14.1 Å². The van der Waals surface area contributed by atoms with E-state index in [1.165, 1.54) is 0 Å². The Morgan fingerprint density at radius 1 is 1.29 bits per heavy atom. The summed E-state index contributed by atoms with van der Waals surface area (Å²) in [5.74, 6) is 0.185. The van der Waals surface area contributed by atoms with Crippen molar-refractivity contribution in [1.29, 1.82) is 0 Å². The van der Waals surface area contributed by atoms with Crippen LogP contribution < -0.4 is 0 Å². The maximum absolute atomic E-state index is 12.6. The van der Waals surface area contributed by atoms with E-state index in [0.717, 1.165) is 16.9 Å². The highest BCUT2D eigenvalue weighted by atomic mass is 32.2. The first-order valence-corrected chi connectivity index (χ1v) is 8.87. The van der Waals surface area contributed by atoms with E-state index in [1.807, 2.05) is 45.0 Å². The fourth-order valence-electron chi connectivity index (χ4n) is 3.20. The van der Waals surface area contributed by atoms with Gasteiger partial charge < -0.3 is 5.11 Å². The van der Waals surface area contributed by atoms with E-state index in [0.29, 0.717) is 12.8 Å². The third-order valence-corrected chi connectivity index (χ3v) is 6.23. The molecule has 0 spiro atoms. The van der Waals surface area contributed by atoms with Gasteiger partial charge in [0.25, 0.3) is 0 Å². The maximum Gasteiger partial charge on any atom is 0.133 e. The van der Waals surface area contributed by atoms with Crippen LogP contribution in [-0.4, -0.2) is 26.5 Å². The van der Waals surface area contributed by atoms with Crippen LogP contribution in [0.3, 0.4) is 0 Å². The zero-order chi connectivity index (χ0) is 15.6. The molecule has 21 heavy (non-hydrogen) atoms. The van der Waals surface area contributed by atoms with Crippen molar-refractivity contribution >= 4 is 16.6 Å². The molecule has 0 bridgehead atoms. The molecule has 1 saturated carbocycles. The normalized spacial score (nSPS) is 31.1. The molecule has 0 saturated heterocycles. The van der Waals surface area contributed by atoms with Crippen molar-refractivity contribution < 1.29 is 14.1 Å². The molecule has 0 unspecified atom stereocenters.